The molecule has 9 bridgehead atoms. The van der Waals surface area contributed by atoms with Gasteiger partial charge in [0.05, 0.1) is 50.8 Å². The lowest BCUT2D eigenvalue weighted by molar-refractivity contribution is -0.160. The van der Waals surface area contributed by atoms with E-state index in [4.69, 9.17) is 23.7 Å². The predicted molar refractivity (Wildman–Crippen MR) is 325 cm³/mol. The molecule has 4 aromatic rings. The maximum atomic E-state index is 13.2. The van der Waals surface area contributed by atoms with Crippen molar-refractivity contribution in [3.63, 3.8) is 0 Å². The summed E-state index contributed by atoms with van der Waals surface area (Å²) < 4.78 is 32.5. The molecular weight excluding hydrogens is 1110 g/mol. The molecule has 13 rings (SSSR count). The lowest BCUT2D eigenvalue weighted by atomic mass is 9.38. The van der Waals surface area contributed by atoms with Crippen LogP contribution in [0.4, 0.5) is 0 Å². The molecule has 16 nitrogen and oxygen atoms in total. The number of hydrogen-bond donors (Lipinski definition) is 9. The fraction of sp³-hybridized carbons (Fsp3) is 0.652. The van der Waals surface area contributed by atoms with Crippen LogP contribution >= 0.6 is 21.6 Å². The highest BCUT2D eigenvalue weighted by atomic mass is 33.1. The van der Waals surface area contributed by atoms with Crippen molar-refractivity contribution >= 4 is 38.3 Å². The fourth-order valence-electron chi connectivity index (χ4n) is 16.7. The molecule has 3 aliphatic carbocycles. The van der Waals surface area contributed by atoms with E-state index in [1.54, 1.807) is 12.1 Å². The highest BCUT2D eigenvalue weighted by molar-refractivity contribution is 8.76. The van der Waals surface area contributed by atoms with Gasteiger partial charge in [-0.25, -0.2) is 0 Å². The van der Waals surface area contributed by atoms with Gasteiger partial charge in [-0.15, -0.1) is 5.92 Å². The van der Waals surface area contributed by atoms with Crippen molar-refractivity contribution in [1.29, 1.82) is 0 Å². The van der Waals surface area contributed by atoms with Crippen LogP contribution in [0.2, 0.25) is 0 Å². The van der Waals surface area contributed by atoms with Gasteiger partial charge >= 0.3 is 0 Å². The summed E-state index contributed by atoms with van der Waals surface area (Å²) in [4.78, 5) is 13.2. The fourth-order valence-corrected chi connectivity index (χ4v) is 19.7. The van der Waals surface area contributed by atoms with Crippen LogP contribution in [0.25, 0.3) is 10.8 Å². The lowest BCUT2D eigenvalue weighted by Crippen LogP contribution is -2.62. The van der Waals surface area contributed by atoms with Gasteiger partial charge in [-0.3, -0.25) is 4.79 Å². The van der Waals surface area contributed by atoms with Crippen LogP contribution in [0, 0.1) is 58.2 Å². The zero-order chi connectivity index (χ0) is 58.7. The van der Waals surface area contributed by atoms with Crippen molar-refractivity contribution in [3.8, 4) is 40.6 Å². The Bertz CT molecular complexity index is 2960. The van der Waals surface area contributed by atoms with Crippen LogP contribution in [0.3, 0.4) is 0 Å². The van der Waals surface area contributed by atoms with E-state index in [0.717, 1.165) is 98.3 Å². The number of aryl methyl sites for hydroxylation is 1. The van der Waals surface area contributed by atoms with Gasteiger partial charge in [0, 0.05) is 78.1 Å². The smallest absolute Gasteiger partial charge is 0.220 e. The summed E-state index contributed by atoms with van der Waals surface area (Å²) in [5.41, 5.74) is 2.60. The molecule has 1 saturated heterocycles. The van der Waals surface area contributed by atoms with Crippen molar-refractivity contribution < 1.29 is 64.2 Å². The van der Waals surface area contributed by atoms with Gasteiger partial charge in [0.25, 0.3) is 0 Å². The van der Waals surface area contributed by atoms with Crippen molar-refractivity contribution in [2.24, 2.45) is 46.3 Å². The number of phenolic OH excluding ortho intramolecular Hbond substituents is 2. The molecule has 2 spiro atoms. The number of rotatable bonds is 6. The van der Waals surface area contributed by atoms with Crippen molar-refractivity contribution in [2.45, 2.75) is 177 Å². The van der Waals surface area contributed by atoms with Gasteiger partial charge in [0.2, 0.25) is 11.7 Å². The Morgan fingerprint density at radius 3 is 2.54 bits per heavy atom. The maximum absolute atomic E-state index is 13.2. The number of aromatic nitrogens is 1. The Balaban J connectivity index is 0.976. The average Bonchev–Trinajstić information content (AvgIpc) is 0.873. The minimum atomic E-state index is -1.08. The van der Waals surface area contributed by atoms with E-state index >= 15 is 0 Å². The van der Waals surface area contributed by atoms with E-state index in [1.807, 2.05) is 47.3 Å². The van der Waals surface area contributed by atoms with Crippen LogP contribution in [0.1, 0.15) is 143 Å². The number of methoxy groups -OCH3 is 2. The van der Waals surface area contributed by atoms with Crippen LogP contribution < -0.4 is 24.8 Å². The average molecular weight is 1200 g/mol. The number of benzene rings is 3. The first-order valence-corrected chi connectivity index (χ1v) is 33.4. The standard InChI is InChI=1S/C66H89N3O13S2/c1-39-11-16-52-42-17-19-65-32-46(15-13-44(65)33-67-20-5-4-18-66(52,65)31-39)82-59-26-41-12-14-45(81-38-70)27-55(72)50(22-40-23-60(78-2)64(77)61(24-40)79-3)58(75)36-83-84-62(48(41)28-57(59)74)30-56(73)47-9-6-8-43-34-69(35-51(43)47)37-80-21-7-10-53-49(54(71)25-42)29-63(76)68-53/h6,8-9,23-24,26,28,34-35,39,42,44-46,49-50,52-56,58,62,67,70-75,77H,5,7,10-17,19-22,25,27,29-33,36-38H2,1-3H3,(H,68,76)/t39-,42+,44-,45-,46-,49+,50+,52-,53+,54-,55+,56+,58+,62-,65-,66-/m0/s1. The first kappa shape index (κ1) is 61.3. The van der Waals surface area contributed by atoms with E-state index in [0.29, 0.717) is 68.3 Å². The van der Waals surface area contributed by atoms with Gasteiger partial charge in [-0.05, 0) is 184 Å². The quantitative estimate of drug-likeness (QED) is 0.0497. The predicted octanol–water partition coefficient (Wildman–Crippen LogP) is 9.25. The van der Waals surface area contributed by atoms with E-state index in [2.05, 4.69) is 29.4 Å². The van der Waals surface area contributed by atoms with Crippen molar-refractivity contribution in [1.82, 2.24) is 15.2 Å². The van der Waals surface area contributed by atoms with Crippen LogP contribution in [0.15, 0.2) is 54.9 Å². The summed E-state index contributed by atoms with van der Waals surface area (Å²) in [6, 6.07) is 12.9. The summed E-state index contributed by atoms with van der Waals surface area (Å²) in [7, 11) is 5.86. The topological polar surface area (TPSA) is 234 Å². The number of amides is 1. The molecule has 1 amide bonds. The number of nitrogens with one attached hydrogen (secondary N) is 2. The molecule has 7 heterocycles. The Morgan fingerprint density at radius 2 is 1.73 bits per heavy atom. The molecule has 6 aliphatic heterocycles. The minimum Gasteiger partial charge on any atom is -0.504 e. The number of fused-ring (bicyclic) bond motifs is 1. The molecule has 18 heteroatoms. The molecule has 0 radical (unpaired) electrons. The molecule has 3 aromatic carbocycles. The second kappa shape index (κ2) is 26.9. The van der Waals surface area contributed by atoms with E-state index in [-0.39, 0.29) is 101 Å². The van der Waals surface area contributed by atoms with E-state index in [9.17, 15) is 40.5 Å². The number of carbonyl (C=O) groups is 1. The molecule has 458 valence electrons. The normalized spacial score (nSPS) is 35.4. The summed E-state index contributed by atoms with van der Waals surface area (Å²) in [6.45, 7) is 4.29. The summed E-state index contributed by atoms with van der Waals surface area (Å²) in [5, 5.41) is 91.4. The zero-order valence-corrected chi connectivity index (χ0v) is 50.7. The third-order valence-corrected chi connectivity index (χ3v) is 23.6. The zero-order valence-electron chi connectivity index (χ0n) is 49.1. The molecule has 0 unspecified atom stereocenters. The van der Waals surface area contributed by atoms with Gasteiger partial charge in [0.15, 0.2) is 23.0 Å². The van der Waals surface area contributed by atoms with Gasteiger partial charge < -0.3 is 74.6 Å². The number of aromatic hydroxyl groups is 2. The molecule has 16 atom stereocenters. The monoisotopic (exact) mass is 1200 g/mol. The Kier molecular flexibility index (Phi) is 19.6. The number of nitrogens with zero attached hydrogens (tertiary/aromatic N) is 1. The third kappa shape index (κ3) is 12.8. The molecule has 3 saturated carbocycles. The van der Waals surface area contributed by atoms with E-state index in [1.165, 1.54) is 35.8 Å². The number of phenols is 2. The van der Waals surface area contributed by atoms with Crippen LogP contribution in [0.5, 0.6) is 28.7 Å². The molecule has 9 aliphatic rings. The molecule has 4 fully saturated rings. The minimum absolute atomic E-state index is 0.00209. The lowest BCUT2D eigenvalue weighted by Gasteiger charge is -2.65. The van der Waals surface area contributed by atoms with Crippen molar-refractivity contribution in [3.05, 3.63) is 77.1 Å². The first-order valence-electron chi connectivity index (χ1n) is 31.0. The second-order valence-corrected chi connectivity index (χ2v) is 28.3. The molecule has 1 aromatic heterocycles. The number of aliphatic hydroxyl groups excluding tert-OH is 5. The summed E-state index contributed by atoms with van der Waals surface area (Å²) in [5.74, 6) is 9.14. The largest absolute Gasteiger partial charge is 0.504 e. The second-order valence-electron chi connectivity index (χ2n) is 25.7. The SMILES string of the molecule is COc1cc(C[C@H]2[C@H](O)CSS[C@H]3C[C@@H](O)c4cccc5cn(cc45)COCCC[C@H]4NC(=O)C[C@H]4[C@@H](O)C[C@H]4CC[C@]56C[C@H](CC[C@H]5CNCCC#C[C@@]65C[C@@H](C)CC[C@@H]45)Oc4cc(c3cc4O)CC[C@H](OCO)C[C@H]2O)cc(OC)c1O. The summed E-state index contributed by atoms with van der Waals surface area (Å²) in [6.07, 6.45) is 11.5. The Hall–Kier alpha value is -4.39. The van der Waals surface area contributed by atoms with Gasteiger partial charge in [-0.1, -0.05) is 59.1 Å². The molecule has 9 N–H and O–H groups in total. The Morgan fingerprint density at radius 1 is 0.893 bits per heavy atom. The van der Waals surface area contributed by atoms with Crippen LogP contribution in [-0.4, -0.2) is 129 Å². The first-order chi connectivity index (χ1) is 40.7. The van der Waals surface area contributed by atoms with Crippen LogP contribution in [-0.2, 0) is 33.8 Å². The molecular formula is C66H89N3O13S2. The van der Waals surface area contributed by atoms with Gasteiger partial charge in [0.1, 0.15) is 13.5 Å². The van der Waals surface area contributed by atoms with Crippen molar-refractivity contribution in [2.75, 3.05) is 46.5 Å². The third-order valence-electron chi connectivity index (χ3n) is 20.8. The number of carbonyl (C=O) groups excluding carboxylic acids is 1. The van der Waals surface area contributed by atoms with E-state index < -0.39 is 48.5 Å². The molecule has 84 heavy (non-hydrogen) atoms. The summed E-state index contributed by atoms with van der Waals surface area (Å²) >= 11 is 0. The highest BCUT2D eigenvalue weighted by Gasteiger charge is 2.65. The number of aliphatic hydroxyl groups is 5. The highest BCUT2D eigenvalue weighted by Crippen LogP contribution is 2.69. The number of ether oxygens (including phenoxy) is 5. The number of hydrogen-bond acceptors (Lipinski definition) is 16. The Labute approximate surface area is 502 Å². The maximum Gasteiger partial charge on any atom is 0.220 e. The van der Waals surface area contributed by atoms with Gasteiger partial charge in [-0.2, -0.15) is 0 Å².